The summed E-state index contributed by atoms with van der Waals surface area (Å²) in [4.78, 5) is 2.65. The van der Waals surface area contributed by atoms with Crippen LogP contribution in [0.2, 0.25) is 0 Å². The fourth-order valence-corrected chi connectivity index (χ4v) is 1.49. The fraction of sp³-hybridized carbons (Fsp3) is 0.364. The van der Waals surface area contributed by atoms with Crippen molar-refractivity contribution in [1.82, 2.24) is 0 Å². The number of thiocarbonyl (C=S) groups is 1. The van der Waals surface area contributed by atoms with Crippen molar-refractivity contribution in [3.8, 4) is 0 Å². The molecule has 2 nitrogen and oxygen atoms in total. The minimum absolute atomic E-state index is 0.455. The van der Waals surface area contributed by atoms with Gasteiger partial charge in [-0.05, 0) is 18.6 Å². The zero-order valence-corrected chi connectivity index (χ0v) is 9.47. The first-order valence-electron chi connectivity index (χ1n) is 4.76. The van der Waals surface area contributed by atoms with Crippen LogP contribution < -0.4 is 10.6 Å². The molecule has 0 amide bonds. The lowest BCUT2D eigenvalue weighted by molar-refractivity contribution is 0.852. The largest absolute Gasteiger partial charge is 0.389 e. The summed E-state index contributed by atoms with van der Waals surface area (Å²) in [5.74, 6) is 0. The molecular weight excluding hydrogens is 192 g/mol. The van der Waals surface area contributed by atoms with Gasteiger partial charge < -0.3 is 10.6 Å². The van der Waals surface area contributed by atoms with Crippen molar-refractivity contribution < 1.29 is 0 Å². The summed E-state index contributed by atoms with van der Waals surface area (Å²) in [6.07, 6.45) is 1.13. The van der Waals surface area contributed by atoms with Crippen LogP contribution in [0.1, 0.15) is 18.9 Å². The maximum atomic E-state index is 5.57. The molecule has 0 saturated heterocycles. The highest BCUT2D eigenvalue weighted by Gasteiger charge is 2.01. The summed E-state index contributed by atoms with van der Waals surface area (Å²) in [6, 6.07) is 8.01. The molecule has 0 unspecified atom stereocenters. The van der Waals surface area contributed by atoms with E-state index in [-0.39, 0.29) is 0 Å². The van der Waals surface area contributed by atoms with Crippen LogP contribution in [0.5, 0.6) is 0 Å². The van der Waals surface area contributed by atoms with Crippen LogP contribution >= 0.6 is 12.2 Å². The van der Waals surface area contributed by atoms with E-state index in [0.29, 0.717) is 4.99 Å². The number of rotatable bonds is 4. The second-order valence-corrected chi connectivity index (χ2v) is 3.78. The van der Waals surface area contributed by atoms with Gasteiger partial charge >= 0.3 is 0 Å². The van der Waals surface area contributed by atoms with Crippen LogP contribution in [0.4, 0.5) is 5.69 Å². The van der Waals surface area contributed by atoms with E-state index in [1.807, 2.05) is 18.2 Å². The first-order valence-corrected chi connectivity index (χ1v) is 5.17. The lowest BCUT2D eigenvalue weighted by atomic mass is 10.2. The predicted octanol–water partition coefficient (Wildman–Crippen LogP) is 2.17. The predicted molar refractivity (Wildman–Crippen MR) is 65.9 cm³/mol. The van der Waals surface area contributed by atoms with E-state index in [1.54, 1.807) is 0 Å². The summed E-state index contributed by atoms with van der Waals surface area (Å²) in [5, 5.41) is 0. The quantitative estimate of drug-likeness (QED) is 0.769. The van der Waals surface area contributed by atoms with Crippen LogP contribution in [0.25, 0.3) is 0 Å². The maximum Gasteiger partial charge on any atom is 0.104 e. The molecule has 0 spiro atoms. The number of nitrogens with zero attached hydrogens (tertiary/aromatic N) is 1. The van der Waals surface area contributed by atoms with Crippen LogP contribution in [-0.2, 0) is 0 Å². The zero-order chi connectivity index (χ0) is 10.6. The molecule has 0 aliphatic heterocycles. The van der Waals surface area contributed by atoms with Gasteiger partial charge in [0.05, 0.1) is 0 Å². The second-order valence-electron chi connectivity index (χ2n) is 3.34. The van der Waals surface area contributed by atoms with E-state index >= 15 is 0 Å². The Kier molecular flexibility index (Phi) is 3.89. The molecule has 0 saturated carbocycles. The molecule has 0 atom stereocenters. The molecule has 76 valence electrons. The normalized spacial score (nSPS) is 9.86. The summed E-state index contributed by atoms with van der Waals surface area (Å²) >= 11 is 4.93. The van der Waals surface area contributed by atoms with E-state index < -0.39 is 0 Å². The van der Waals surface area contributed by atoms with Gasteiger partial charge in [-0.25, -0.2) is 0 Å². The van der Waals surface area contributed by atoms with Gasteiger partial charge in [0.1, 0.15) is 4.99 Å². The maximum absolute atomic E-state index is 5.57. The van der Waals surface area contributed by atoms with Crippen molar-refractivity contribution in [3.63, 3.8) is 0 Å². The highest BCUT2D eigenvalue weighted by atomic mass is 32.1. The topological polar surface area (TPSA) is 29.3 Å². The van der Waals surface area contributed by atoms with Gasteiger partial charge in [-0.2, -0.15) is 0 Å². The van der Waals surface area contributed by atoms with Gasteiger partial charge in [0, 0.05) is 24.8 Å². The third kappa shape index (κ3) is 2.70. The fourth-order valence-electron chi connectivity index (χ4n) is 1.36. The second kappa shape index (κ2) is 4.96. The molecule has 0 heterocycles. The number of nitrogens with two attached hydrogens (primary N) is 1. The minimum atomic E-state index is 0.455. The molecular formula is C11H16N2S. The summed E-state index contributed by atoms with van der Waals surface area (Å²) in [6.45, 7) is 3.20. The Morgan fingerprint density at radius 2 is 2.21 bits per heavy atom. The van der Waals surface area contributed by atoms with E-state index in [1.165, 1.54) is 0 Å². The molecule has 0 aliphatic carbocycles. The Hall–Kier alpha value is -1.09. The van der Waals surface area contributed by atoms with Crippen molar-refractivity contribution in [2.24, 2.45) is 5.73 Å². The van der Waals surface area contributed by atoms with Gasteiger partial charge in [0.15, 0.2) is 0 Å². The molecule has 1 rings (SSSR count). The highest BCUT2D eigenvalue weighted by molar-refractivity contribution is 7.80. The molecule has 0 fully saturated rings. The average Bonchev–Trinajstić information content (AvgIpc) is 2.18. The number of anilines is 1. The molecule has 0 radical (unpaired) electrons. The Morgan fingerprint density at radius 1 is 1.50 bits per heavy atom. The van der Waals surface area contributed by atoms with Crippen molar-refractivity contribution in [2.45, 2.75) is 13.3 Å². The molecule has 14 heavy (non-hydrogen) atoms. The molecule has 1 aromatic carbocycles. The number of hydrogen-bond acceptors (Lipinski definition) is 2. The molecule has 2 N–H and O–H groups in total. The van der Waals surface area contributed by atoms with Crippen molar-refractivity contribution in [3.05, 3.63) is 29.8 Å². The van der Waals surface area contributed by atoms with Crippen LogP contribution in [0.3, 0.4) is 0 Å². The first kappa shape index (κ1) is 11.0. The van der Waals surface area contributed by atoms with E-state index in [0.717, 1.165) is 24.2 Å². The van der Waals surface area contributed by atoms with E-state index in [9.17, 15) is 0 Å². The first-order chi connectivity index (χ1) is 6.65. The van der Waals surface area contributed by atoms with Gasteiger partial charge in [-0.1, -0.05) is 31.3 Å². The summed E-state index contributed by atoms with van der Waals surface area (Å²) in [5.41, 5.74) is 7.66. The third-order valence-electron chi connectivity index (χ3n) is 2.13. The zero-order valence-electron chi connectivity index (χ0n) is 8.66. The van der Waals surface area contributed by atoms with Crippen LogP contribution in [0.15, 0.2) is 24.3 Å². The monoisotopic (exact) mass is 208 g/mol. The third-order valence-corrected chi connectivity index (χ3v) is 2.37. The Labute approximate surface area is 90.7 Å². The number of benzene rings is 1. The van der Waals surface area contributed by atoms with E-state index in [4.69, 9.17) is 18.0 Å². The Bertz CT molecular complexity index is 323. The van der Waals surface area contributed by atoms with Gasteiger partial charge in [-0.15, -0.1) is 0 Å². The lowest BCUT2D eigenvalue weighted by Crippen LogP contribution is -2.18. The van der Waals surface area contributed by atoms with E-state index in [2.05, 4.69) is 24.9 Å². The number of hydrogen-bond donors (Lipinski definition) is 1. The Morgan fingerprint density at radius 3 is 2.79 bits per heavy atom. The lowest BCUT2D eigenvalue weighted by Gasteiger charge is -2.18. The van der Waals surface area contributed by atoms with Gasteiger partial charge in [-0.3, -0.25) is 0 Å². The SMILES string of the molecule is CCCN(C)c1cccc(C(N)=S)c1. The summed E-state index contributed by atoms with van der Waals surface area (Å²) in [7, 11) is 2.07. The smallest absolute Gasteiger partial charge is 0.104 e. The van der Waals surface area contributed by atoms with Gasteiger partial charge in [0.25, 0.3) is 0 Å². The van der Waals surface area contributed by atoms with Crippen molar-refractivity contribution in [1.29, 1.82) is 0 Å². The highest BCUT2D eigenvalue weighted by Crippen LogP contribution is 2.14. The standard InChI is InChI=1S/C11H16N2S/c1-3-7-13(2)10-6-4-5-9(8-10)11(12)14/h4-6,8H,3,7H2,1-2H3,(H2,12,14). The Balaban J connectivity index is 2.87. The average molecular weight is 208 g/mol. The molecule has 0 aromatic heterocycles. The van der Waals surface area contributed by atoms with Crippen LogP contribution in [0, 0.1) is 0 Å². The van der Waals surface area contributed by atoms with Crippen molar-refractivity contribution >= 4 is 22.9 Å². The van der Waals surface area contributed by atoms with Crippen molar-refractivity contribution in [2.75, 3.05) is 18.5 Å². The molecule has 0 aliphatic rings. The van der Waals surface area contributed by atoms with Gasteiger partial charge in [0.2, 0.25) is 0 Å². The van der Waals surface area contributed by atoms with Crippen LogP contribution in [-0.4, -0.2) is 18.6 Å². The molecule has 1 aromatic rings. The summed E-state index contributed by atoms with van der Waals surface area (Å²) < 4.78 is 0. The minimum Gasteiger partial charge on any atom is -0.389 e. The molecule has 3 heteroatoms. The molecule has 0 bridgehead atoms.